The molecule has 0 aliphatic carbocycles. The maximum atomic E-state index is 13.1. The van der Waals surface area contributed by atoms with E-state index in [-0.39, 0.29) is 25.7 Å². The van der Waals surface area contributed by atoms with Crippen LogP contribution >= 0.6 is 15.6 Å². The smallest absolute Gasteiger partial charge is 0.462 e. The normalized spacial score (nSPS) is 13.9. The Labute approximate surface area is 581 Å². The van der Waals surface area contributed by atoms with E-state index in [1.54, 1.807) is 0 Å². The van der Waals surface area contributed by atoms with Crippen LogP contribution in [0.4, 0.5) is 0 Å². The summed E-state index contributed by atoms with van der Waals surface area (Å²) in [6.07, 6.45) is 58.3. The van der Waals surface area contributed by atoms with Gasteiger partial charge in [-0.2, -0.15) is 0 Å². The van der Waals surface area contributed by atoms with Crippen molar-refractivity contribution in [2.75, 3.05) is 39.6 Å². The van der Waals surface area contributed by atoms with Gasteiger partial charge in [0.1, 0.15) is 19.3 Å². The van der Waals surface area contributed by atoms with Crippen LogP contribution in [-0.4, -0.2) is 96.7 Å². The number of carbonyl (C=O) groups excluding carboxylic acids is 4. The van der Waals surface area contributed by atoms with Crippen molar-refractivity contribution in [2.45, 2.75) is 419 Å². The molecule has 0 saturated carbocycles. The summed E-state index contributed by atoms with van der Waals surface area (Å²) in [5, 5.41) is 10.6. The van der Waals surface area contributed by atoms with Gasteiger partial charge in [-0.1, -0.05) is 349 Å². The molecule has 0 spiro atoms. The fraction of sp³-hybridized carbons (Fsp3) is 0.947. The molecule has 0 fully saturated rings. The Hall–Kier alpha value is -1.94. The molecule has 0 aromatic heterocycles. The van der Waals surface area contributed by atoms with E-state index in [0.717, 1.165) is 96.3 Å². The molecular weight excluding hydrogens is 1250 g/mol. The predicted molar refractivity (Wildman–Crippen MR) is 386 cm³/mol. The van der Waals surface area contributed by atoms with Crippen molar-refractivity contribution >= 4 is 39.5 Å². The Balaban J connectivity index is 5.23. The number of unbranched alkanes of at least 4 members (excludes halogenated alkanes) is 48. The Morgan fingerprint density at radius 2 is 0.484 bits per heavy atom. The SMILES string of the molecule is CCCCCCCCCCCCCCCCCCCC(=O)O[C@H](COC(=O)CCCCCCCCCCCCCCCCC)COP(=O)(O)OC[C@@H](O)COP(=O)(O)OC[C@@H](COC(=O)CCCCCCCCC(C)C)OC(=O)CCCCCCCCCCCCCCCC. The quantitative estimate of drug-likeness (QED) is 0.0222. The van der Waals surface area contributed by atoms with Gasteiger partial charge in [0.05, 0.1) is 26.4 Å². The minimum atomic E-state index is -4.96. The van der Waals surface area contributed by atoms with Crippen LogP contribution in [-0.2, 0) is 65.4 Å². The fourth-order valence-electron chi connectivity index (χ4n) is 11.7. The lowest BCUT2D eigenvalue weighted by molar-refractivity contribution is -0.161. The third-order valence-corrected chi connectivity index (χ3v) is 19.7. The Morgan fingerprint density at radius 3 is 0.716 bits per heavy atom. The second kappa shape index (κ2) is 69.2. The van der Waals surface area contributed by atoms with Crippen molar-refractivity contribution in [3.63, 3.8) is 0 Å². The van der Waals surface area contributed by atoms with E-state index in [4.69, 9.17) is 37.0 Å². The van der Waals surface area contributed by atoms with Gasteiger partial charge in [0.15, 0.2) is 12.2 Å². The molecule has 0 aliphatic rings. The van der Waals surface area contributed by atoms with Gasteiger partial charge in [-0.05, 0) is 31.6 Å². The summed E-state index contributed by atoms with van der Waals surface area (Å²) < 4.78 is 68.5. The van der Waals surface area contributed by atoms with E-state index in [9.17, 15) is 43.2 Å². The second-order valence-corrected chi connectivity index (χ2v) is 30.8. The Morgan fingerprint density at radius 1 is 0.284 bits per heavy atom. The number of esters is 4. The van der Waals surface area contributed by atoms with Crippen LogP contribution < -0.4 is 0 Å². The van der Waals surface area contributed by atoms with Gasteiger partial charge < -0.3 is 33.8 Å². The number of aliphatic hydroxyl groups is 1. The zero-order valence-electron chi connectivity index (χ0n) is 61.8. The van der Waals surface area contributed by atoms with Crippen LogP contribution in [0.25, 0.3) is 0 Å². The molecule has 2 unspecified atom stereocenters. The summed E-state index contributed by atoms with van der Waals surface area (Å²) in [7, 11) is -9.91. The molecule has 0 amide bonds. The summed E-state index contributed by atoms with van der Waals surface area (Å²) >= 11 is 0. The molecule has 0 aromatic rings. The lowest BCUT2D eigenvalue weighted by Crippen LogP contribution is -2.30. The first-order chi connectivity index (χ1) is 46.0. The minimum absolute atomic E-state index is 0.107. The van der Waals surface area contributed by atoms with Crippen LogP contribution in [0.5, 0.6) is 0 Å². The Bertz CT molecular complexity index is 1820. The molecule has 0 heterocycles. The van der Waals surface area contributed by atoms with Crippen LogP contribution in [0, 0.1) is 5.92 Å². The summed E-state index contributed by atoms with van der Waals surface area (Å²) in [6, 6.07) is 0. The first-order valence-corrected chi connectivity index (χ1v) is 42.6. The first kappa shape index (κ1) is 93.1. The molecule has 0 bridgehead atoms. The van der Waals surface area contributed by atoms with Crippen molar-refractivity contribution in [2.24, 2.45) is 5.92 Å². The van der Waals surface area contributed by atoms with Gasteiger partial charge in [-0.3, -0.25) is 37.3 Å². The first-order valence-electron chi connectivity index (χ1n) is 39.6. The molecule has 0 saturated heterocycles. The number of ether oxygens (including phenoxy) is 4. The average molecular weight is 1400 g/mol. The molecular formula is C76H148O17P2. The highest BCUT2D eigenvalue weighted by Gasteiger charge is 2.30. The van der Waals surface area contributed by atoms with E-state index < -0.39 is 97.5 Å². The number of phosphoric ester groups is 2. The highest BCUT2D eigenvalue weighted by atomic mass is 31.2. The molecule has 5 atom stereocenters. The topological polar surface area (TPSA) is 237 Å². The third-order valence-electron chi connectivity index (χ3n) is 17.8. The van der Waals surface area contributed by atoms with Gasteiger partial charge in [-0.15, -0.1) is 0 Å². The number of carbonyl (C=O) groups is 4. The van der Waals surface area contributed by atoms with Gasteiger partial charge in [0.2, 0.25) is 0 Å². The van der Waals surface area contributed by atoms with Gasteiger partial charge in [-0.25, -0.2) is 9.13 Å². The lowest BCUT2D eigenvalue weighted by Gasteiger charge is -2.21. The van der Waals surface area contributed by atoms with Crippen LogP contribution in [0.1, 0.15) is 401 Å². The summed E-state index contributed by atoms with van der Waals surface area (Å²) in [5.74, 6) is -1.43. The van der Waals surface area contributed by atoms with E-state index in [0.29, 0.717) is 31.6 Å². The zero-order valence-corrected chi connectivity index (χ0v) is 63.6. The molecule has 564 valence electrons. The molecule has 0 aromatic carbocycles. The highest BCUT2D eigenvalue weighted by Crippen LogP contribution is 2.45. The maximum Gasteiger partial charge on any atom is 0.472 e. The minimum Gasteiger partial charge on any atom is -0.462 e. The third kappa shape index (κ3) is 70.3. The fourth-order valence-corrected chi connectivity index (χ4v) is 13.3. The number of phosphoric acid groups is 2. The van der Waals surface area contributed by atoms with E-state index in [1.165, 1.54) is 218 Å². The van der Waals surface area contributed by atoms with Crippen molar-refractivity contribution in [1.82, 2.24) is 0 Å². The largest absolute Gasteiger partial charge is 0.472 e. The average Bonchev–Trinajstić information content (AvgIpc) is 1.71. The molecule has 19 heteroatoms. The van der Waals surface area contributed by atoms with Crippen LogP contribution in [0.2, 0.25) is 0 Å². The number of aliphatic hydroxyl groups excluding tert-OH is 1. The zero-order chi connectivity index (χ0) is 69.8. The van der Waals surface area contributed by atoms with Crippen molar-refractivity contribution in [3.05, 3.63) is 0 Å². The number of hydrogen-bond acceptors (Lipinski definition) is 15. The van der Waals surface area contributed by atoms with Crippen LogP contribution in [0.3, 0.4) is 0 Å². The number of hydrogen-bond donors (Lipinski definition) is 3. The second-order valence-electron chi connectivity index (χ2n) is 27.9. The molecule has 17 nitrogen and oxygen atoms in total. The maximum absolute atomic E-state index is 13.1. The molecule has 3 N–H and O–H groups in total. The summed E-state index contributed by atoms with van der Waals surface area (Å²) in [4.78, 5) is 72.8. The van der Waals surface area contributed by atoms with Gasteiger partial charge >= 0.3 is 39.5 Å². The van der Waals surface area contributed by atoms with E-state index in [2.05, 4.69) is 34.6 Å². The standard InChI is InChI=1S/C76H148O17P2/c1-6-9-12-15-18-21-24-27-30-31-33-36-39-42-45-52-57-62-75(80)92-71(65-86-73(78)59-54-49-43-40-37-35-32-28-25-22-19-16-13-10-7-2)67-90-94(82,83)88-63-70(77)64-89-95(84,85)91-68-72(66-87-74(79)60-55-50-47-46-48-53-58-69(4)5)93-76(81)61-56-51-44-41-38-34-29-26-23-20-17-14-11-8-3/h69-72,77H,6-68H2,1-5H3,(H,82,83)(H,84,85)/t70-,71-,72-/m1/s1. The van der Waals surface area contributed by atoms with E-state index >= 15 is 0 Å². The summed E-state index contributed by atoms with van der Waals surface area (Å²) in [6.45, 7) is 7.22. The van der Waals surface area contributed by atoms with Crippen molar-refractivity contribution in [3.8, 4) is 0 Å². The van der Waals surface area contributed by atoms with E-state index in [1.807, 2.05) is 0 Å². The monoisotopic (exact) mass is 1400 g/mol. The summed E-state index contributed by atoms with van der Waals surface area (Å²) in [5.41, 5.74) is 0. The predicted octanol–water partition coefficient (Wildman–Crippen LogP) is 22.5. The van der Waals surface area contributed by atoms with Crippen molar-refractivity contribution in [1.29, 1.82) is 0 Å². The molecule has 0 aliphatic heterocycles. The lowest BCUT2D eigenvalue weighted by atomic mass is 10.0. The van der Waals surface area contributed by atoms with Gasteiger partial charge in [0, 0.05) is 25.7 Å². The molecule has 0 radical (unpaired) electrons. The van der Waals surface area contributed by atoms with Crippen LogP contribution in [0.15, 0.2) is 0 Å². The van der Waals surface area contributed by atoms with Gasteiger partial charge in [0.25, 0.3) is 0 Å². The molecule has 0 rings (SSSR count). The van der Waals surface area contributed by atoms with Crippen molar-refractivity contribution < 1.29 is 80.2 Å². The number of rotatable bonds is 76. The molecule has 95 heavy (non-hydrogen) atoms. The Kier molecular flexibility index (Phi) is 67.7. The highest BCUT2D eigenvalue weighted by molar-refractivity contribution is 7.47.